The Bertz CT molecular complexity index is 794. The second-order valence-corrected chi connectivity index (χ2v) is 7.63. The number of anilines is 1. The van der Waals surface area contributed by atoms with Crippen molar-refractivity contribution in [2.24, 2.45) is 5.92 Å². The highest BCUT2D eigenvalue weighted by Gasteiger charge is 2.33. The molecular formula is C21H27N3O3. The molecular weight excluding hydrogens is 342 g/mol. The second kappa shape index (κ2) is 7.62. The fourth-order valence-electron chi connectivity index (χ4n) is 4.09. The predicted octanol–water partition coefficient (Wildman–Crippen LogP) is 3.82. The molecule has 0 saturated carbocycles. The number of benzene rings is 1. The van der Waals surface area contributed by atoms with Gasteiger partial charge < -0.3 is 19.1 Å². The first-order chi connectivity index (χ1) is 13.2. The van der Waals surface area contributed by atoms with Crippen LogP contribution in [0, 0.1) is 5.92 Å². The third kappa shape index (κ3) is 3.53. The van der Waals surface area contributed by atoms with Gasteiger partial charge in [0.25, 0.3) is 5.91 Å². The van der Waals surface area contributed by atoms with E-state index >= 15 is 0 Å². The van der Waals surface area contributed by atoms with E-state index in [0.29, 0.717) is 23.1 Å². The number of carbonyl (C=O) groups is 1. The van der Waals surface area contributed by atoms with Crippen LogP contribution in [-0.2, 0) is 0 Å². The van der Waals surface area contributed by atoms with E-state index in [9.17, 15) is 4.79 Å². The van der Waals surface area contributed by atoms with Gasteiger partial charge in [-0.1, -0.05) is 12.1 Å². The molecule has 2 aliphatic heterocycles. The molecule has 144 valence electrons. The molecule has 0 spiro atoms. The molecule has 0 radical (unpaired) electrons. The summed E-state index contributed by atoms with van der Waals surface area (Å²) in [5.74, 6) is 2.60. The molecule has 2 aliphatic rings. The summed E-state index contributed by atoms with van der Waals surface area (Å²) in [6, 6.07) is 7.60. The maximum absolute atomic E-state index is 13.5. The molecule has 4 rings (SSSR count). The van der Waals surface area contributed by atoms with Crippen LogP contribution < -0.4 is 9.64 Å². The molecule has 0 N–H and O–H groups in total. The first kappa shape index (κ1) is 17.9. The number of likely N-dealkylation sites (tertiary alicyclic amines) is 1. The normalized spacial score (nSPS) is 20.1. The standard InChI is InChI=1S/C21H27N3O3/c1-15-6-5-13-24(14-15)21(25)18-19(16-7-9-17(26-2)10-8-16)27-22-20(18)23-11-3-4-12-23/h7-10,15H,3-6,11-14H2,1-2H3. The quantitative estimate of drug-likeness (QED) is 0.820. The fraction of sp³-hybridized carbons (Fsp3) is 0.524. The van der Waals surface area contributed by atoms with Crippen molar-refractivity contribution in [3.05, 3.63) is 29.8 Å². The van der Waals surface area contributed by atoms with E-state index in [-0.39, 0.29) is 5.91 Å². The molecule has 3 heterocycles. The van der Waals surface area contributed by atoms with Crippen molar-refractivity contribution in [2.75, 3.05) is 38.2 Å². The molecule has 1 unspecified atom stereocenters. The zero-order valence-corrected chi connectivity index (χ0v) is 16.1. The molecule has 0 bridgehead atoms. The first-order valence-electron chi connectivity index (χ1n) is 9.85. The lowest BCUT2D eigenvalue weighted by molar-refractivity contribution is 0.0684. The van der Waals surface area contributed by atoms with Gasteiger partial charge in [-0.2, -0.15) is 0 Å². The van der Waals surface area contributed by atoms with Gasteiger partial charge in [0.05, 0.1) is 7.11 Å². The van der Waals surface area contributed by atoms with Gasteiger partial charge in [-0.05, 0) is 55.9 Å². The molecule has 2 aromatic rings. The third-order valence-corrected chi connectivity index (χ3v) is 5.59. The average Bonchev–Trinajstić information content (AvgIpc) is 3.37. The molecule has 6 nitrogen and oxygen atoms in total. The average molecular weight is 369 g/mol. The smallest absolute Gasteiger partial charge is 0.261 e. The zero-order chi connectivity index (χ0) is 18.8. The van der Waals surface area contributed by atoms with E-state index in [4.69, 9.17) is 9.26 Å². The van der Waals surface area contributed by atoms with Crippen LogP contribution in [0.2, 0.25) is 0 Å². The summed E-state index contributed by atoms with van der Waals surface area (Å²) in [7, 11) is 1.64. The molecule has 1 amide bonds. The zero-order valence-electron chi connectivity index (χ0n) is 16.1. The minimum absolute atomic E-state index is 0.0375. The summed E-state index contributed by atoms with van der Waals surface area (Å²) in [5, 5.41) is 4.32. The SMILES string of the molecule is COc1ccc(-c2onc(N3CCCC3)c2C(=O)N2CCCC(C)C2)cc1. The number of rotatable bonds is 4. The third-order valence-electron chi connectivity index (χ3n) is 5.59. The van der Waals surface area contributed by atoms with Crippen molar-refractivity contribution >= 4 is 11.7 Å². The molecule has 0 aliphatic carbocycles. The summed E-state index contributed by atoms with van der Waals surface area (Å²) in [6.07, 6.45) is 4.48. The van der Waals surface area contributed by atoms with Crippen molar-refractivity contribution < 1.29 is 14.1 Å². The van der Waals surface area contributed by atoms with Gasteiger partial charge in [-0.3, -0.25) is 4.79 Å². The Morgan fingerprint density at radius 1 is 1.15 bits per heavy atom. The number of nitrogens with zero attached hydrogens (tertiary/aromatic N) is 3. The highest BCUT2D eigenvalue weighted by Crippen LogP contribution is 2.35. The maximum atomic E-state index is 13.5. The Hall–Kier alpha value is -2.50. The Labute approximate surface area is 160 Å². The fourth-order valence-corrected chi connectivity index (χ4v) is 4.09. The number of hydrogen-bond donors (Lipinski definition) is 0. The molecule has 1 atom stereocenters. The largest absolute Gasteiger partial charge is 0.497 e. The monoisotopic (exact) mass is 369 g/mol. The molecule has 6 heteroatoms. The van der Waals surface area contributed by atoms with Crippen molar-refractivity contribution in [2.45, 2.75) is 32.6 Å². The van der Waals surface area contributed by atoms with Gasteiger partial charge in [-0.25, -0.2) is 0 Å². The van der Waals surface area contributed by atoms with Crippen molar-refractivity contribution in [1.82, 2.24) is 10.1 Å². The van der Waals surface area contributed by atoms with E-state index < -0.39 is 0 Å². The number of amides is 1. The number of ether oxygens (including phenoxy) is 1. The van der Waals surface area contributed by atoms with Crippen LogP contribution in [0.25, 0.3) is 11.3 Å². The van der Waals surface area contributed by atoms with Crippen molar-refractivity contribution in [3.8, 4) is 17.1 Å². The topological polar surface area (TPSA) is 58.8 Å². The van der Waals surface area contributed by atoms with Crippen LogP contribution in [0.5, 0.6) is 5.75 Å². The molecule has 2 saturated heterocycles. The summed E-state index contributed by atoms with van der Waals surface area (Å²) in [5.41, 5.74) is 1.46. The minimum Gasteiger partial charge on any atom is -0.497 e. The summed E-state index contributed by atoms with van der Waals surface area (Å²) in [4.78, 5) is 17.6. The van der Waals surface area contributed by atoms with E-state index in [1.54, 1.807) is 7.11 Å². The van der Waals surface area contributed by atoms with Gasteiger partial charge in [-0.15, -0.1) is 0 Å². The van der Waals surface area contributed by atoms with Gasteiger partial charge in [0, 0.05) is 31.7 Å². The summed E-state index contributed by atoms with van der Waals surface area (Å²) < 4.78 is 11.0. The Morgan fingerprint density at radius 3 is 2.56 bits per heavy atom. The van der Waals surface area contributed by atoms with Gasteiger partial charge in [0.2, 0.25) is 0 Å². The van der Waals surface area contributed by atoms with Crippen LogP contribution in [0.1, 0.15) is 43.0 Å². The van der Waals surface area contributed by atoms with Crippen LogP contribution in [0.15, 0.2) is 28.8 Å². The van der Waals surface area contributed by atoms with Crippen molar-refractivity contribution in [3.63, 3.8) is 0 Å². The van der Waals surface area contributed by atoms with Crippen LogP contribution in [-0.4, -0.2) is 49.3 Å². The van der Waals surface area contributed by atoms with Crippen molar-refractivity contribution in [1.29, 1.82) is 0 Å². The van der Waals surface area contributed by atoms with Gasteiger partial charge in [0.15, 0.2) is 11.6 Å². The lowest BCUT2D eigenvalue weighted by Crippen LogP contribution is -2.39. The number of hydrogen-bond acceptors (Lipinski definition) is 5. The highest BCUT2D eigenvalue weighted by atomic mass is 16.5. The van der Waals surface area contributed by atoms with Crippen LogP contribution in [0.4, 0.5) is 5.82 Å². The number of piperidine rings is 1. The lowest BCUT2D eigenvalue weighted by atomic mass is 9.99. The maximum Gasteiger partial charge on any atom is 0.261 e. The number of aromatic nitrogens is 1. The summed E-state index contributed by atoms with van der Waals surface area (Å²) in [6.45, 7) is 5.65. The number of carbonyl (C=O) groups excluding carboxylic acids is 1. The Balaban J connectivity index is 1.73. The van der Waals surface area contributed by atoms with E-state index in [2.05, 4.69) is 17.0 Å². The second-order valence-electron chi connectivity index (χ2n) is 7.63. The van der Waals surface area contributed by atoms with E-state index in [0.717, 1.165) is 56.8 Å². The minimum atomic E-state index is 0.0375. The highest BCUT2D eigenvalue weighted by molar-refractivity contribution is 6.04. The predicted molar refractivity (Wildman–Crippen MR) is 104 cm³/mol. The van der Waals surface area contributed by atoms with E-state index in [1.165, 1.54) is 6.42 Å². The summed E-state index contributed by atoms with van der Waals surface area (Å²) >= 11 is 0. The van der Waals surface area contributed by atoms with Gasteiger partial charge in [0.1, 0.15) is 11.3 Å². The van der Waals surface area contributed by atoms with Gasteiger partial charge >= 0.3 is 0 Å². The molecule has 1 aromatic heterocycles. The Kier molecular flexibility index (Phi) is 5.05. The Morgan fingerprint density at radius 2 is 1.89 bits per heavy atom. The number of methoxy groups -OCH3 is 1. The molecule has 27 heavy (non-hydrogen) atoms. The molecule has 2 fully saturated rings. The van der Waals surface area contributed by atoms with Crippen LogP contribution >= 0.6 is 0 Å². The van der Waals surface area contributed by atoms with Crippen LogP contribution in [0.3, 0.4) is 0 Å². The van der Waals surface area contributed by atoms with E-state index in [1.807, 2.05) is 29.2 Å². The first-order valence-corrected chi connectivity index (χ1v) is 9.85. The lowest BCUT2D eigenvalue weighted by Gasteiger charge is -2.31. The molecule has 1 aromatic carbocycles.